The lowest BCUT2D eigenvalue weighted by atomic mass is 10.0. The molecule has 1 aromatic heterocycles. The number of amides is 1. The maximum absolute atomic E-state index is 13.3. The van der Waals surface area contributed by atoms with E-state index in [0.29, 0.717) is 43.1 Å². The minimum absolute atomic E-state index is 0.0321. The van der Waals surface area contributed by atoms with Crippen LogP contribution in [0.25, 0.3) is 11.3 Å². The third-order valence-corrected chi connectivity index (χ3v) is 5.76. The van der Waals surface area contributed by atoms with Gasteiger partial charge in [0, 0.05) is 43.9 Å². The van der Waals surface area contributed by atoms with Crippen molar-refractivity contribution in [2.24, 2.45) is 0 Å². The van der Waals surface area contributed by atoms with Crippen molar-refractivity contribution >= 4 is 17.6 Å². The summed E-state index contributed by atoms with van der Waals surface area (Å²) in [6.45, 7) is 1.56. The van der Waals surface area contributed by atoms with E-state index in [1.165, 1.54) is 31.4 Å². The zero-order valence-electron chi connectivity index (χ0n) is 18.3. The number of benzene rings is 2. The molecule has 1 fully saturated rings. The number of nitro benzene ring substituents is 1. The van der Waals surface area contributed by atoms with Gasteiger partial charge in [-0.3, -0.25) is 19.8 Å². The predicted molar refractivity (Wildman–Crippen MR) is 119 cm³/mol. The van der Waals surface area contributed by atoms with Crippen LogP contribution >= 0.6 is 0 Å². The van der Waals surface area contributed by atoms with Crippen molar-refractivity contribution in [3.05, 3.63) is 87.9 Å². The number of non-ortho nitro benzene ring substituents is 1. The molecule has 1 aliphatic heterocycles. The Hall–Kier alpha value is -4.05. The van der Waals surface area contributed by atoms with E-state index in [2.05, 4.69) is 0 Å². The van der Waals surface area contributed by atoms with Crippen LogP contribution in [0.5, 0.6) is 0 Å². The number of hydrogen-bond acceptors (Lipinski definition) is 7. The molecule has 0 aliphatic carbocycles. The number of hydrogen-bond donors (Lipinski definition) is 0. The first kappa shape index (κ1) is 23.1. The molecule has 0 spiro atoms. The molecule has 0 bridgehead atoms. The molecule has 1 atom stereocenters. The van der Waals surface area contributed by atoms with Crippen LogP contribution in [0.4, 0.5) is 10.1 Å². The van der Waals surface area contributed by atoms with Crippen LogP contribution in [0.2, 0.25) is 0 Å². The first-order chi connectivity index (χ1) is 16.4. The van der Waals surface area contributed by atoms with E-state index >= 15 is 0 Å². The van der Waals surface area contributed by atoms with Gasteiger partial charge < -0.3 is 14.1 Å². The molecular formula is C24H22FN3O6. The number of methoxy groups -OCH3 is 1. The summed E-state index contributed by atoms with van der Waals surface area (Å²) in [5, 5.41) is 10.8. The average Bonchev–Trinajstić information content (AvgIpc) is 3.35. The summed E-state index contributed by atoms with van der Waals surface area (Å²) >= 11 is 0. The Morgan fingerprint density at radius 3 is 2.24 bits per heavy atom. The maximum Gasteiger partial charge on any atom is 0.327 e. The van der Waals surface area contributed by atoms with Crippen molar-refractivity contribution < 1.29 is 28.1 Å². The van der Waals surface area contributed by atoms with Gasteiger partial charge in [-0.2, -0.15) is 0 Å². The molecule has 3 aromatic rings. The number of nitrogens with zero attached hydrogens (tertiary/aromatic N) is 3. The molecule has 1 amide bonds. The highest BCUT2D eigenvalue weighted by atomic mass is 19.1. The number of halogens is 1. The fourth-order valence-electron chi connectivity index (χ4n) is 3.95. The smallest absolute Gasteiger partial charge is 0.327 e. The second-order valence-corrected chi connectivity index (χ2v) is 7.77. The number of rotatable bonds is 6. The Bertz CT molecular complexity index is 1180. The predicted octanol–water partition coefficient (Wildman–Crippen LogP) is 3.67. The number of piperazine rings is 1. The van der Waals surface area contributed by atoms with Crippen LogP contribution in [0, 0.1) is 15.9 Å². The van der Waals surface area contributed by atoms with E-state index < -0.39 is 22.8 Å². The van der Waals surface area contributed by atoms with Crippen LogP contribution < -0.4 is 0 Å². The number of esters is 1. The van der Waals surface area contributed by atoms with Gasteiger partial charge in [0.1, 0.15) is 17.6 Å². The summed E-state index contributed by atoms with van der Waals surface area (Å²) in [4.78, 5) is 39.3. The Morgan fingerprint density at radius 1 is 1.00 bits per heavy atom. The zero-order valence-corrected chi connectivity index (χ0v) is 18.3. The molecular weight excluding hydrogens is 445 g/mol. The highest BCUT2D eigenvalue weighted by Crippen LogP contribution is 2.27. The fourth-order valence-corrected chi connectivity index (χ4v) is 3.95. The van der Waals surface area contributed by atoms with E-state index in [0.717, 1.165) is 0 Å². The lowest BCUT2D eigenvalue weighted by Crippen LogP contribution is -2.51. The molecule has 10 heteroatoms. The van der Waals surface area contributed by atoms with E-state index in [1.807, 2.05) is 4.90 Å². The highest BCUT2D eigenvalue weighted by molar-refractivity contribution is 5.92. The molecule has 9 nitrogen and oxygen atoms in total. The van der Waals surface area contributed by atoms with Gasteiger partial charge >= 0.3 is 5.97 Å². The molecule has 1 aliphatic rings. The lowest BCUT2D eigenvalue weighted by molar-refractivity contribution is -0.384. The topological polar surface area (TPSA) is 106 Å². The summed E-state index contributed by atoms with van der Waals surface area (Å²) in [6, 6.07) is 14.1. The standard InChI is InChI=1S/C24H22FN3O6/c1-33-24(30)22(17-2-6-18(25)7-3-17)26-12-14-27(15-13-26)23(29)21-11-10-20(34-21)16-4-8-19(9-5-16)28(31)32/h2-11,22H,12-15H2,1H3. The van der Waals surface area contributed by atoms with E-state index in [9.17, 15) is 24.1 Å². The number of ether oxygens (including phenoxy) is 1. The monoisotopic (exact) mass is 467 g/mol. The Kier molecular flexibility index (Phi) is 6.69. The third kappa shape index (κ3) is 4.81. The minimum atomic E-state index is -0.694. The van der Waals surface area contributed by atoms with Gasteiger partial charge in [-0.1, -0.05) is 12.1 Å². The van der Waals surface area contributed by atoms with E-state index in [1.54, 1.807) is 41.3 Å². The maximum atomic E-state index is 13.3. The van der Waals surface area contributed by atoms with Crippen molar-refractivity contribution in [1.29, 1.82) is 0 Å². The van der Waals surface area contributed by atoms with Gasteiger partial charge in [0.25, 0.3) is 11.6 Å². The van der Waals surface area contributed by atoms with Crippen molar-refractivity contribution in [3.8, 4) is 11.3 Å². The summed E-state index contributed by atoms with van der Waals surface area (Å²) in [7, 11) is 1.30. The number of carbonyl (C=O) groups excluding carboxylic acids is 2. The van der Waals surface area contributed by atoms with Crippen molar-refractivity contribution in [1.82, 2.24) is 9.80 Å². The molecule has 0 N–H and O–H groups in total. The fraction of sp³-hybridized carbons (Fsp3) is 0.250. The normalized spacial score (nSPS) is 15.1. The first-order valence-electron chi connectivity index (χ1n) is 10.6. The Labute approximate surface area is 194 Å². The van der Waals surface area contributed by atoms with Crippen LogP contribution in [-0.2, 0) is 9.53 Å². The average molecular weight is 467 g/mol. The van der Waals surface area contributed by atoms with E-state index in [-0.39, 0.29) is 17.4 Å². The number of nitro groups is 1. The van der Waals surface area contributed by atoms with Gasteiger partial charge in [0.15, 0.2) is 5.76 Å². The summed E-state index contributed by atoms with van der Waals surface area (Å²) < 4.78 is 24.0. The molecule has 4 rings (SSSR count). The molecule has 34 heavy (non-hydrogen) atoms. The van der Waals surface area contributed by atoms with Gasteiger partial charge in [-0.05, 0) is 42.0 Å². The molecule has 2 aromatic carbocycles. The van der Waals surface area contributed by atoms with Crippen LogP contribution in [0.15, 0.2) is 65.1 Å². The van der Waals surface area contributed by atoms with Gasteiger partial charge in [0.2, 0.25) is 0 Å². The number of carbonyl (C=O) groups is 2. The highest BCUT2D eigenvalue weighted by Gasteiger charge is 2.33. The van der Waals surface area contributed by atoms with Crippen LogP contribution in [0.1, 0.15) is 22.2 Å². The Morgan fingerprint density at radius 2 is 1.65 bits per heavy atom. The molecule has 2 heterocycles. The van der Waals surface area contributed by atoms with Crippen LogP contribution in [0.3, 0.4) is 0 Å². The second kappa shape index (κ2) is 9.84. The second-order valence-electron chi connectivity index (χ2n) is 7.77. The molecule has 176 valence electrons. The largest absolute Gasteiger partial charge is 0.468 e. The van der Waals surface area contributed by atoms with Gasteiger partial charge in [0.05, 0.1) is 12.0 Å². The summed E-state index contributed by atoms with van der Waals surface area (Å²) in [5.74, 6) is -0.549. The van der Waals surface area contributed by atoms with Crippen molar-refractivity contribution in [2.75, 3.05) is 33.3 Å². The third-order valence-electron chi connectivity index (χ3n) is 5.76. The van der Waals surface area contributed by atoms with E-state index in [4.69, 9.17) is 9.15 Å². The minimum Gasteiger partial charge on any atom is -0.468 e. The molecule has 0 saturated carbocycles. The SMILES string of the molecule is COC(=O)C(c1ccc(F)cc1)N1CCN(C(=O)c2ccc(-c3ccc([N+](=O)[O-])cc3)o2)CC1. The molecule has 1 saturated heterocycles. The number of furan rings is 1. The summed E-state index contributed by atoms with van der Waals surface area (Å²) in [6.07, 6.45) is 0. The van der Waals surface area contributed by atoms with Gasteiger partial charge in [-0.25, -0.2) is 9.18 Å². The first-order valence-corrected chi connectivity index (χ1v) is 10.6. The van der Waals surface area contributed by atoms with Crippen molar-refractivity contribution in [2.45, 2.75) is 6.04 Å². The Balaban J connectivity index is 1.42. The molecule has 1 unspecified atom stereocenters. The zero-order chi connectivity index (χ0) is 24.2. The summed E-state index contributed by atoms with van der Waals surface area (Å²) in [5.41, 5.74) is 1.21. The lowest BCUT2D eigenvalue weighted by Gasteiger charge is -2.38. The van der Waals surface area contributed by atoms with Crippen LogP contribution in [-0.4, -0.2) is 59.9 Å². The quantitative estimate of drug-likeness (QED) is 0.309. The van der Waals surface area contributed by atoms with Crippen molar-refractivity contribution in [3.63, 3.8) is 0 Å². The van der Waals surface area contributed by atoms with Gasteiger partial charge in [-0.15, -0.1) is 0 Å². The molecule has 0 radical (unpaired) electrons.